The molecule has 0 fully saturated rings. The number of carbonyl (C=O) groups is 3. The summed E-state index contributed by atoms with van der Waals surface area (Å²) in [5.74, 6) is -2.45. The molecule has 6 nitrogen and oxygen atoms in total. The van der Waals surface area contributed by atoms with Gasteiger partial charge in [0.05, 0.1) is 5.92 Å². The van der Waals surface area contributed by atoms with Gasteiger partial charge < -0.3 is 15.7 Å². The monoisotopic (exact) mass is 522 g/mol. The largest absolute Gasteiger partial charge is 0.481 e. The Hall–Kier alpha value is -3.15. The number of carboxylic acid groups (broad SMARTS) is 1. The molecule has 0 radical (unpaired) electrons. The summed E-state index contributed by atoms with van der Waals surface area (Å²) >= 11 is 0. The number of hydrogen-bond acceptors (Lipinski definition) is 3. The van der Waals surface area contributed by atoms with E-state index < -0.39 is 29.3 Å². The first-order valence-electron chi connectivity index (χ1n) is 13.9. The van der Waals surface area contributed by atoms with Crippen molar-refractivity contribution in [2.45, 2.75) is 85.1 Å². The Balaban J connectivity index is 2.12. The zero-order chi connectivity index (χ0) is 28.1. The van der Waals surface area contributed by atoms with Crippen molar-refractivity contribution in [1.29, 1.82) is 0 Å². The summed E-state index contributed by atoms with van der Waals surface area (Å²) in [4.78, 5) is 38.0. The van der Waals surface area contributed by atoms with Crippen LogP contribution in [0.2, 0.25) is 0 Å². The molecule has 0 spiro atoms. The van der Waals surface area contributed by atoms with Crippen LogP contribution in [0.15, 0.2) is 54.6 Å². The van der Waals surface area contributed by atoms with Crippen molar-refractivity contribution >= 4 is 17.8 Å². The van der Waals surface area contributed by atoms with Gasteiger partial charge in [0.15, 0.2) is 0 Å². The lowest BCUT2D eigenvalue weighted by Crippen LogP contribution is -2.54. The van der Waals surface area contributed by atoms with E-state index in [4.69, 9.17) is 0 Å². The van der Waals surface area contributed by atoms with Gasteiger partial charge in [-0.25, -0.2) is 0 Å². The third-order valence-electron chi connectivity index (χ3n) is 7.21. The number of rotatable bonds is 15. The van der Waals surface area contributed by atoms with Crippen LogP contribution in [0, 0.1) is 17.3 Å². The highest BCUT2D eigenvalue weighted by molar-refractivity contribution is 5.89. The minimum atomic E-state index is -0.863. The van der Waals surface area contributed by atoms with Gasteiger partial charge in [-0.1, -0.05) is 95.1 Å². The summed E-state index contributed by atoms with van der Waals surface area (Å²) in [6.07, 6.45) is 5.65. The summed E-state index contributed by atoms with van der Waals surface area (Å²) in [6.45, 7) is 7.75. The minimum absolute atomic E-state index is 0.253. The molecule has 2 amide bonds. The van der Waals surface area contributed by atoms with E-state index in [1.165, 1.54) is 11.1 Å². The van der Waals surface area contributed by atoms with Crippen LogP contribution < -0.4 is 10.6 Å². The zero-order valence-electron chi connectivity index (χ0n) is 23.8. The van der Waals surface area contributed by atoms with Crippen LogP contribution >= 0.6 is 0 Å². The maximum absolute atomic E-state index is 13.5. The van der Waals surface area contributed by atoms with Crippen LogP contribution in [-0.4, -0.2) is 36.0 Å². The predicted molar refractivity (Wildman–Crippen MR) is 153 cm³/mol. The van der Waals surface area contributed by atoms with E-state index in [1.54, 1.807) is 7.05 Å². The first kappa shape index (κ1) is 31.1. The molecule has 0 aromatic heterocycles. The summed E-state index contributed by atoms with van der Waals surface area (Å²) in [6, 6.07) is 18.2. The number of nitrogens with one attached hydrogen (secondary N) is 2. The third kappa shape index (κ3) is 10.3. The Labute approximate surface area is 228 Å². The number of carbonyl (C=O) groups excluding carboxylic acids is 2. The number of unbranched alkanes of at least 4 members (excludes halogenated alkanes) is 1. The summed E-state index contributed by atoms with van der Waals surface area (Å²) in [5, 5.41) is 15.4. The fourth-order valence-corrected chi connectivity index (χ4v) is 4.72. The molecule has 2 aromatic carbocycles. The van der Waals surface area contributed by atoms with Gasteiger partial charge in [0.25, 0.3) is 0 Å². The number of aliphatic carboxylic acids is 1. The molecular weight excluding hydrogens is 476 g/mol. The molecule has 0 aliphatic rings. The molecule has 3 N–H and O–H groups in total. The maximum Gasteiger partial charge on any atom is 0.306 e. The molecule has 3 atom stereocenters. The highest BCUT2D eigenvalue weighted by Gasteiger charge is 2.35. The van der Waals surface area contributed by atoms with E-state index in [2.05, 4.69) is 59.2 Å². The van der Waals surface area contributed by atoms with Crippen molar-refractivity contribution in [2.75, 3.05) is 7.05 Å². The van der Waals surface area contributed by atoms with Gasteiger partial charge >= 0.3 is 5.97 Å². The summed E-state index contributed by atoms with van der Waals surface area (Å²) in [5.41, 5.74) is 3.21. The zero-order valence-corrected chi connectivity index (χ0v) is 23.8. The van der Waals surface area contributed by atoms with Gasteiger partial charge in [-0.05, 0) is 60.6 Å². The molecule has 0 aliphatic carbocycles. The van der Waals surface area contributed by atoms with E-state index in [9.17, 15) is 19.5 Å². The number of hydrogen-bond donors (Lipinski definition) is 3. The lowest BCUT2D eigenvalue weighted by molar-refractivity contribution is -0.143. The predicted octanol–water partition coefficient (Wildman–Crippen LogP) is 5.58. The molecule has 2 rings (SSSR count). The Morgan fingerprint density at radius 1 is 0.789 bits per heavy atom. The SMILES string of the molecule is CCCC[C@@H](C[C@H](CCc1ccc(CCc2ccccc2)cc1)C(=O)N[C@H](C(=O)NC)C(C)(C)C)C(=O)O. The number of likely N-dealkylation sites (N-methyl/N-ethyl adjacent to an activating group) is 1. The molecule has 0 unspecified atom stereocenters. The van der Waals surface area contributed by atoms with Crippen molar-refractivity contribution in [2.24, 2.45) is 17.3 Å². The topological polar surface area (TPSA) is 95.5 Å². The summed E-state index contributed by atoms with van der Waals surface area (Å²) in [7, 11) is 1.55. The smallest absolute Gasteiger partial charge is 0.306 e. The van der Waals surface area contributed by atoms with Gasteiger partial charge in [0.2, 0.25) is 11.8 Å². The standard InChI is InChI=1S/C32H46N2O4/c1-6-7-13-27(31(37)38)22-26(29(35)34-28(30(36)33-5)32(2,3)4)21-20-25-18-16-24(17-19-25)15-14-23-11-9-8-10-12-23/h8-12,16-19,26-28H,6-7,13-15,20-22H2,1-5H3,(H,33,36)(H,34,35)(H,37,38)/t26-,27-,28+/m0/s1. The molecular formula is C32H46N2O4. The second-order valence-electron chi connectivity index (χ2n) is 11.4. The second-order valence-corrected chi connectivity index (χ2v) is 11.4. The van der Waals surface area contributed by atoms with Crippen LogP contribution in [0.4, 0.5) is 0 Å². The van der Waals surface area contributed by atoms with Crippen LogP contribution in [0.1, 0.15) is 76.5 Å². The van der Waals surface area contributed by atoms with Crippen molar-refractivity contribution in [3.8, 4) is 0 Å². The Morgan fingerprint density at radius 3 is 1.84 bits per heavy atom. The normalized spacial score (nSPS) is 13.8. The van der Waals surface area contributed by atoms with Gasteiger partial charge in [-0.3, -0.25) is 14.4 Å². The molecule has 38 heavy (non-hydrogen) atoms. The van der Waals surface area contributed by atoms with Crippen LogP contribution in [0.5, 0.6) is 0 Å². The van der Waals surface area contributed by atoms with Crippen LogP contribution in [0.25, 0.3) is 0 Å². The van der Waals surface area contributed by atoms with E-state index in [-0.39, 0.29) is 18.2 Å². The quantitative estimate of drug-likeness (QED) is 0.285. The molecule has 2 aromatic rings. The molecule has 0 heterocycles. The fraction of sp³-hybridized carbons (Fsp3) is 0.531. The molecule has 0 bridgehead atoms. The van der Waals surface area contributed by atoms with Crippen molar-refractivity contribution < 1.29 is 19.5 Å². The minimum Gasteiger partial charge on any atom is -0.481 e. The lowest BCUT2D eigenvalue weighted by atomic mass is 9.83. The van der Waals surface area contributed by atoms with Crippen LogP contribution in [0.3, 0.4) is 0 Å². The first-order valence-corrected chi connectivity index (χ1v) is 13.9. The van der Waals surface area contributed by atoms with Crippen LogP contribution in [-0.2, 0) is 33.6 Å². The number of carboxylic acids is 1. The Bertz CT molecular complexity index is 1010. The van der Waals surface area contributed by atoms with Gasteiger partial charge in [0.1, 0.15) is 6.04 Å². The highest BCUT2D eigenvalue weighted by Crippen LogP contribution is 2.26. The molecule has 208 valence electrons. The average Bonchev–Trinajstić information content (AvgIpc) is 2.90. The van der Waals surface area contributed by atoms with E-state index >= 15 is 0 Å². The fourth-order valence-electron chi connectivity index (χ4n) is 4.72. The molecule has 0 saturated heterocycles. The van der Waals surface area contributed by atoms with Gasteiger partial charge in [-0.15, -0.1) is 0 Å². The number of aryl methyl sites for hydroxylation is 3. The second kappa shape index (κ2) is 15.3. The third-order valence-corrected chi connectivity index (χ3v) is 7.21. The molecule has 6 heteroatoms. The Morgan fingerprint density at radius 2 is 1.34 bits per heavy atom. The number of amides is 2. The Kier molecular flexibility index (Phi) is 12.5. The van der Waals surface area contributed by atoms with Gasteiger partial charge in [0, 0.05) is 13.0 Å². The van der Waals surface area contributed by atoms with Gasteiger partial charge in [-0.2, -0.15) is 0 Å². The first-order chi connectivity index (χ1) is 18.0. The average molecular weight is 523 g/mol. The summed E-state index contributed by atoms with van der Waals surface area (Å²) < 4.78 is 0. The molecule has 0 saturated carbocycles. The van der Waals surface area contributed by atoms with Crippen molar-refractivity contribution in [3.63, 3.8) is 0 Å². The highest BCUT2D eigenvalue weighted by atomic mass is 16.4. The maximum atomic E-state index is 13.5. The van der Waals surface area contributed by atoms with Crippen molar-refractivity contribution in [1.82, 2.24) is 10.6 Å². The van der Waals surface area contributed by atoms with Crippen molar-refractivity contribution in [3.05, 3.63) is 71.3 Å². The van der Waals surface area contributed by atoms with E-state index in [1.807, 2.05) is 33.8 Å². The lowest BCUT2D eigenvalue weighted by Gasteiger charge is -2.31. The van der Waals surface area contributed by atoms with E-state index in [0.717, 1.165) is 31.2 Å². The number of benzene rings is 2. The molecule has 0 aliphatic heterocycles. The van der Waals surface area contributed by atoms with E-state index in [0.29, 0.717) is 19.3 Å².